The fourth-order valence-electron chi connectivity index (χ4n) is 3.48. The lowest BCUT2D eigenvalue weighted by Crippen LogP contribution is -2.50. The maximum absolute atomic E-state index is 12.9. The summed E-state index contributed by atoms with van der Waals surface area (Å²) in [5, 5.41) is 12.9. The fourth-order valence-corrected chi connectivity index (χ4v) is 3.48. The minimum atomic E-state index is -0.972. The first-order valence-electron chi connectivity index (χ1n) is 13.3. The zero-order valence-electron chi connectivity index (χ0n) is 23.7. The summed E-state index contributed by atoms with van der Waals surface area (Å²) in [6, 6.07) is 14.8. The van der Waals surface area contributed by atoms with E-state index >= 15 is 0 Å². The Balaban J connectivity index is 1.85. The van der Waals surface area contributed by atoms with Crippen LogP contribution in [0.5, 0.6) is 0 Å². The van der Waals surface area contributed by atoms with Crippen LogP contribution in [-0.4, -0.2) is 69.1 Å². The number of nitrogens with one attached hydrogen (secondary N) is 5. The number of hydrogen-bond donors (Lipinski definition) is 5. The van der Waals surface area contributed by atoms with Crippen LogP contribution in [0.1, 0.15) is 31.4 Å². The average molecular weight is 570 g/mol. The fraction of sp³-hybridized carbons (Fsp3) is 0.414. The lowest BCUT2D eigenvalue weighted by atomic mass is 10.1. The smallest absolute Gasteiger partial charge is 0.407 e. The Labute approximate surface area is 239 Å². The Morgan fingerprint density at radius 2 is 1.49 bits per heavy atom. The Hall–Kier alpha value is -4.45. The molecule has 0 bridgehead atoms. The predicted octanol–water partition coefficient (Wildman–Crippen LogP) is 1.50. The number of rotatable bonds is 16. The van der Waals surface area contributed by atoms with Crippen LogP contribution in [0.3, 0.4) is 0 Å². The number of alkyl carbamates (subject to hydrolysis) is 1. The summed E-state index contributed by atoms with van der Waals surface area (Å²) >= 11 is 0. The molecule has 2 rings (SSSR count). The van der Waals surface area contributed by atoms with E-state index in [-0.39, 0.29) is 32.1 Å². The SMILES string of the molecule is CNC(=O)OCc1ccc(NC(=O)CNC(=O)C(Cc2ccccc2)NC(=O)COCC(=O)NCCC(C)C)cc1. The summed E-state index contributed by atoms with van der Waals surface area (Å²) in [4.78, 5) is 60.9. The van der Waals surface area contributed by atoms with Gasteiger partial charge in [0.2, 0.25) is 23.6 Å². The van der Waals surface area contributed by atoms with E-state index in [1.165, 1.54) is 7.05 Å². The molecule has 0 aliphatic heterocycles. The monoisotopic (exact) mass is 569 g/mol. The van der Waals surface area contributed by atoms with Crippen LogP contribution in [0.4, 0.5) is 10.5 Å². The van der Waals surface area contributed by atoms with Crippen molar-refractivity contribution >= 4 is 35.4 Å². The van der Waals surface area contributed by atoms with Gasteiger partial charge < -0.3 is 36.1 Å². The van der Waals surface area contributed by atoms with Gasteiger partial charge in [-0.2, -0.15) is 0 Å². The summed E-state index contributed by atoms with van der Waals surface area (Å²) in [5.41, 5.74) is 2.03. The van der Waals surface area contributed by atoms with E-state index in [2.05, 4.69) is 40.4 Å². The predicted molar refractivity (Wildman–Crippen MR) is 153 cm³/mol. The van der Waals surface area contributed by atoms with Crippen molar-refractivity contribution in [3.63, 3.8) is 0 Å². The van der Waals surface area contributed by atoms with E-state index in [0.717, 1.165) is 17.5 Å². The van der Waals surface area contributed by atoms with Gasteiger partial charge in [0, 0.05) is 25.7 Å². The summed E-state index contributed by atoms with van der Waals surface area (Å²) in [5.74, 6) is -1.46. The molecule has 0 aliphatic rings. The normalized spacial score (nSPS) is 11.2. The molecule has 2 aromatic carbocycles. The quantitative estimate of drug-likeness (QED) is 0.204. The third kappa shape index (κ3) is 14.0. The largest absolute Gasteiger partial charge is 0.445 e. The minimum absolute atomic E-state index is 0.0784. The minimum Gasteiger partial charge on any atom is -0.445 e. The Morgan fingerprint density at radius 3 is 2.15 bits per heavy atom. The van der Waals surface area contributed by atoms with Crippen molar-refractivity contribution in [2.75, 3.05) is 38.7 Å². The summed E-state index contributed by atoms with van der Waals surface area (Å²) in [7, 11) is 1.46. The van der Waals surface area contributed by atoms with Crippen LogP contribution in [0.25, 0.3) is 0 Å². The highest BCUT2D eigenvalue weighted by atomic mass is 16.5. The van der Waals surface area contributed by atoms with E-state index < -0.39 is 36.5 Å². The van der Waals surface area contributed by atoms with E-state index in [1.54, 1.807) is 24.3 Å². The number of carbonyl (C=O) groups is 5. The third-order valence-electron chi connectivity index (χ3n) is 5.68. The zero-order valence-corrected chi connectivity index (χ0v) is 23.7. The Kier molecular flexibility index (Phi) is 14.4. The molecule has 0 aliphatic carbocycles. The van der Waals surface area contributed by atoms with Crippen LogP contribution in [0.15, 0.2) is 54.6 Å². The van der Waals surface area contributed by atoms with Crippen LogP contribution in [0, 0.1) is 5.92 Å². The maximum atomic E-state index is 12.9. The number of amides is 5. The molecule has 0 spiro atoms. The number of benzene rings is 2. The van der Waals surface area contributed by atoms with Crippen LogP contribution >= 0.6 is 0 Å². The molecule has 12 heteroatoms. The van der Waals surface area contributed by atoms with Crippen molar-refractivity contribution in [1.82, 2.24) is 21.3 Å². The number of carbonyl (C=O) groups excluding carboxylic acids is 5. The van der Waals surface area contributed by atoms with Crippen molar-refractivity contribution in [2.24, 2.45) is 5.92 Å². The molecule has 0 radical (unpaired) electrons. The van der Waals surface area contributed by atoms with E-state index in [9.17, 15) is 24.0 Å². The molecule has 2 aromatic rings. The second-order valence-electron chi connectivity index (χ2n) is 9.62. The van der Waals surface area contributed by atoms with Gasteiger partial charge in [-0.3, -0.25) is 19.2 Å². The average Bonchev–Trinajstić information content (AvgIpc) is 2.95. The molecule has 1 atom stereocenters. The van der Waals surface area contributed by atoms with Crippen molar-refractivity contribution in [2.45, 2.75) is 39.3 Å². The highest BCUT2D eigenvalue weighted by Crippen LogP contribution is 2.10. The van der Waals surface area contributed by atoms with Crippen molar-refractivity contribution < 1.29 is 33.4 Å². The molecular formula is C29H39N5O7. The van der Waals surface area contributed by atoms with Crippen LogP contribution in [-0.2, 0) is 41.7 Å². The first-order valence-corrected chi connectivity index (χ1v) is 13.3. The van der Waals surface area contributed by atoms with Gasteiger partial charge in [0.1, 0.15) is 25.9 Å². The van der Waals surface area contributed by atoms with E-state index in [1.807, 2.05) is 30.3 Å². The molecule has 0 saturated heterocycles. The van der Waals surface area contributed by atoms with Crippen LogP contribution in [0.2, 0.25) is 0 Å². The second-order valence-corrected chi connectivity index (χ2v) is 9.62. The van der Waals surface area contributed by atoms with Gasteiger partial charge in [0.15, 0.2) is 0 Å². The van der Waals surface area contributed by atoms with Gasteiger partial charge in [0.25, 0.3) is 0 Å². The molecule has 41 heavy (non-hydrogen) atoms. The first-order chi connectivity index (χ1) is 19.7. The van der Waals surface area contributed by atoms with Gasteiger partial charge >= 0.3 is 6.09 Å². The molecule has 12 nitrogen and oxygen atoms in total. The number of ether oxygens (including phenoxy) is 2. The second kappa shape index (κ2) is 18.0. The van der Waals surface area contributed by atoms with Crippen LogP contribution < -0.4 is 26.6 Å². The number of hydrogen-bond acceptors (Lipinski definition) is 7. The highest BCUT2D eigenvalue weighted by molar-refractivity contribution is 5.96. The molecule has 0 aromatic heterocycles. The van der Waals surface area contributed by atoms with Gasteiger partial charge in [-0.05, 0) is 35.6 Å². The molecule has 5 N–H and O–H groups in total. The summed E-state index contributed by atoms with van der Waals surface area (Å²) in [6.07, 6.45) is 0.477. The van der Waals surface area contributed by atoms with Crippen molar-refractivity contribution in [3.8, 4) is 0 Å². The number of anilines is 1. The summed E-state index contributed by atoms with van der Waals surface area (Å²) < 4.78 is 10.2. The molecule has 1 unspecified atom stereocenters. The lowest BCUT2D eigenvalue weighted by Gasteiger charge is -2.19. The van der Waals surface area contributed by atoms with Gasteiger partial charge in [0.05, 0.1) is 6.54 Å². The standard InChI is InChI=1S/C29H39N5O7/c1-20(2)13-14-31-26(36)18-40-19-27(37)34-24(15-21-7-5-4-6-8-21)28(38)32-16-25(35)33-23-11-9-22(10-12-23)17-41-29(39)30-3/h4-12,20,24H,13-19H2,1-3H3,(H,30,39)(H,31,36)(H,32,38)(H,33,35)(H,34,37). The van der Waals surface area contributed by atoms with Gasteiger partial charge in [-0.25, -0.2) is 4.79 Å². The first kappa shape index (κ1) is 32.8. The molecular weight excluding hydrogens is 530 g/mol. The maximum Gasteiger partial charge on any atom is 0.407 e. The Morgan fingerprint density at radius 1 is 0.805 bits per heavy atom. The molecule has 0 fully saturated rings. The Bertz CT molecular complexity index is 1140. The summed E-state index contributed by atoms with van der Waals surface area (Å²) in [6.45, 7) is 3.71. The van der Waals surface area contributed by atoms with Gasteiger partial charge in [-0.15, -0.1) is 0 Å². The zero-order chi connectivity index (χ0) is 30.0. The molecule has 0 saturated carbocycles. The molecule has 5 amide bonds. The van der Waals surface area contributed by atoms with Gasteiger partial charge in [-0.1, -0.05) is 56.3 Å². The lowest BCUT2D eigenvalue weighted by molar-refractivity contribution is -0.134. The third-order valence-corrected chi connectivity index (χ3v) is 5.68. The van der Waals surface area contributed by atoms with E-state index in [0.29, 0.717) is 18.2 Å². The molecule has 0 heterocycles. The van der Waals surface area contributed by atoms with Crippen molar-refractivity contribution in [1.29, 1.82) is 0 Å². The van der Waals surface area contributed by atoms with E-state index in [4.69, 9.17) is 9.47 Å². The highest BCUT2D eigenvalue weighted by Gasteiger charge is 2.22. The topological polar surface area (TPSA) is 164 Å². The molecule has 222 valence electrons. The van der Waals surface area contributed by atoms with Crippen molar-refractivity contribution in [3.05, 3.63) is 65.7 Å².